The van der Waals surface area contributed by atoms with Crippen molar-refractivity contribution in [1.29, 1.82) is 0 Å². The molecule has 3 heterocycles. The molecule has 236 valence electrons. The summed E-state index contributed by atoms with van der Waals surface area (Å²) >= 11 is 2.89. The highest BCUT2D eigenvalue weighted by Crippen LogP contribution is 2.35. The molecule has 1 aromatic heterocycles. The summed E-state index contributed by atoms with van der Waals surface area (Å²) in [6, 6.07) is 23.9. The summed E-state index contributed by atoms with van der Waals surface area (Å²) in [4.78, 5) is 48.4. The number of amides is 1. The van der Waals surface area contributed by atoms with E-state index in [4.69, 9.17) is 19.2 Å². The largest absolute Gasteiger partial charge is 0.484 e. The first-order chi connectivity index (χ1) is 22.5. The second kappa shape index (κ2) is 14.3. The van der Waals surface area contributed by atoms with E-state index in [1.807, 2.05) is 73.0 Å². The summed E-state index contributed by atoms with van der Waals surface area (Å²) in [7, 11) is 0. The van der Waals surface area contributed by atoms with Crippen LogP contribution in [0.5, 0.6) is 5.75 Å². The number of morpholine rings is 1. The van der Waals surface area contributed by atoms with E-state index in [0.29, 0.717) is 52.7 Å². The van der Waals surface area contributed by atoms with Gasteiger partial charge in [0.1, 0.15) is 5.75 Å². The SMILES string of the molecule is CCOC(=O)C1=C(c2ccccc2)N=c2s/c(=C/c3ccc(OCC(=O)N4CCOCC4)cc3)c(=O)n2[C@H]1c1ccc(SC)cc1. The van der Waals surface area contributed by atoms with Gasteiger partial charge in [-0.3, -0.25) is 14.2 Å². The zero-order chi connectivity index (χ0) is 32.0. The number of rotatable bonds is 9. The highest BCUT2D eigenvalue weighted by atomic mass is 32.2. The van der Waals surface area contributed by atoms with Crippen molar-refractivity contribution >= 4 is 46.7 Å². The fourth-order valence-corrected chi connectivity index (χ4v) is 6.81. The summed E-state index contributed by atoms with van der Waals surface area (Å²) in [5.41, 5.74) is 2.87. The van der Waals surface area contributed by atoms with Gasteiger partial charge in [0.2, 0.25) is 0 Å². The highest BCUT2D eigenvalue weighted by Gasteiger charge is 2.35. The Bertz CT molecular complexity index is 1930. The van der Waals surface area contributed by atoms with E-state index < -0.39 is 12.0 Å². The lowest BCUT2D eigenvalue weighted by Crippen LogP contribution is -2.42. The zero-order valence-corrected chi connectivity index (χ0v) is 27.1. The summed E-state index contributed by atoms with van der Waals surface area (Å²) < 4.78 is 18.6. The highest BCUT2D eigenvalue weighted by molar-refractivity contribution is 7.98. The molecular weight excluding hydrogens is 623 g/mol. The maximum atomic E-state index is 14.1. The van der Waals surface area contributed by atoms with E-state index in [2.05, 4.69) is 0 Å². The molecule has 0 radical (unpaired) electrons. The molecule has 1 atom stereocenters. The summed E-state index contributed by atoms with van der Waals surface area (Å²) in [5.74, 6) is -0.0373. The fraction of sp³-hybridized carbons (Fsp3) is 0.257. The molecule has 0 N–H and O–H groups in total. The standard InChI is InChI=1S/C35H33N3O6S2/c1-3-43-34(41)30-31(24-7-5-4-6-8-24)36-35-38(32(30)25-11-15-27(45-2)16-12-25)33(40)28(46-35)21-23-9-13-26(14-10-23)44-22-29(39)37-17-19-42-20-18-37/h4-16,21,32H,3,17-20,22H2,1-2H3/b28-21+/t32-/m0/s1. The van der Waals surface area contributed by atoms with Crippen molar-refractivity contribution in [3.8, 4) is 5.75 Å². The quantitative estimate of drug-likeness (QED) is 0.199. The van der Waals surface area contributed by atoms with Crippen molar-refractivity contribution in [2.24, 2.45) is 4.99 Å². The Balaban J connectivity index is 1.38. The molecule has 0 unspecified atom stereocenters. The number of thioether (sulfide) groups is 1. The minimum Gasteiger partial charge on any atom is -0.484 e. The Morgan fingerprint density at radius 2 is 1.74 bits per heavy atom. The van der Waals surface area contributed by atoms with Gasteiger partial charge in [-0.2, -0.15) is 0 Å². The Kier molecular flexibility index (Phi) is 9.82. The van der Waals surface area contributed by atoms with Crippen molar-refractivity contribution in [2.75, 3.05) is 45.8 Å². The normalized spacial score (nSPS) is 16.5. The van der Waals surface area contributed by atoms with Gasteiger partial charge in [-0.05, 0) is 54.6 Å². The molecule has 0 spiro atoms. The molecule has 0 bridgehead atoms. The van der Waals surface area contributed by atoms with E-state index >= 15 is 0 Å². The number of carbonyl (C=O) groups is 2. The lowest BCUT2D eigenvalue weighted by molar-refractivity contribution is -0.139. The maximum Gasteiger partial charge on any atom is 0.338 e. The maximum absolute atomic E-state index is 14.1. The Morgan fingerprint density at radius 1 is 1.02 bits per heavy atom. The average Bonchev–Trinajstić information content (AvgIpc) is 3.41. The van der Waals surface area contributed by atoms with Gasteiger partial charge in [-0.15, -0.1) is 11.8 Å². The van der Waals surface area contributed by atoms with Gasteiger partial charge in [-0.1, -0.05) is 65.9 Å². The number of thiazole rings is 1. The monoisotopic (exact) mass is 655 g/mol. The van der Waals surface area contributed by atoms with E-state index in [0.717, 1.165) is 21.6 Å². The Morgan fingerprint density at radius 3 is 2.41 bits per heavy atom. The molecule has 1 fully saturated rings. The van der Waals surface area contributed by atoms with Crippen LogP contribution in [0, 0.1) is 0 Å². The van der Waals surface area contributed by atoms with E-state index in [1.54, 1.807) is 46.4 Å². The third-order valence-corrected chi connectivity index (χ3v) is 9.44. The number of esters is 1. The summed E-state index contributed by atoms with van der Waals surface area (Å²) in [5, 5.41) is 0. The first-order valence-electron chi connectivity index (χ1n) is 15.0. The van der Waals surface area contributed by atoms with Crippen LogP contribution in [0.15, 0.2) is 99.1 Å². The molecule has 6 rings (SSSR count). The lowest BCUT2D eigenvalue weighted by Gasteiger charge is -2.26. The van der Waals surface area contributed by atoms with Crippen LogP contribution in [-0.4, -0.2) is 67.1 Å². The van der Waals surface area contributed by atoms with E-state index in [1.165, 1.54) is 11.3 Å². The third-order valence-electron chi connectivity index (χ3n) is 7.71. The second-order valence-electron chi connectivity index (χ2n) is 10.6. The molecule has 1 amide bonds. The van der Waals surface area contributed by atoms with Crippen molar-refractivity contribution in [3.63, 3.8) is 0 Å². The smallest absolute Gasteiger partial charge is 0.338 e. The zero-order valence-electron chi connectivity index (χ0n) is 25.5. The molecule has 4 aromatic rings. The summed E-state index contributed by atoms with van der Waals surface area (Å²) in [6.07, 6.45) is 3.80. The number of fused-ring (bicyclic) bond motifs is 1. The van der Waals surface area contributed by atoms with Crippen LogP contribution < -0.4 is 19.6 Å². The summed E-state index contributed by atoms with van der Waals surface area (Å²) in [6.45, 7) is 4.10. The van der Waals surface area contributed by atoms with Crippen LogP contribution in [0.25, 0.3) is 11.8 Å². The third kappa shape index (κ3) is 6.72. The molecule has 11 heteroatoms. The number of nitrogens with zero attached hydrogens (tertiary/aromatic N) is 3. The molecular formula is C35H33N3O6S2. The topological polar surface area (TPSA) is 99.4 Å². The van der Waals surface area contributed by atoms with Crippen LogP contribution in [0.2, 0.25) is 0 Å². The molecule has 9 nitrogen and oxygen atoms in total. The molecule has 3 aromatic carbocycles. The van der Waals surface area contributed by atoms with Crippen molar-refractivity contribution < 1.29 is 23.8 Å². The van der Waals surface area contributed by atoms with Crippen LogP contribution in [-0.2, 0) is 19.1 Å². The van der Waals surface area contributed by atoms with Crippen molar-refractivity contribution in [3.05, 3.63) is 121 Å². The van der Waals surface area contributed by atoms with Gasteiger partial charge in [-0.25, -0.2) is 9.79 Å². The minimum atomic E-state index is -0.733. The second-order valence-corrected chi connectivity index (χ2v) is 12.4. The number of hydrogen-bond acceptors (Lipinski definition) is 9. The van der Waals surface area contributed by atoms with Crippen LogP contribution in [0.3, 0.4) is 0 Å². The van der Waals surface area contributed by atoms with Crippen LogP contribution in [0.4, 0.5) is 0 Å². The Hall–Kier alpha value is -4.45. The predicted octanol–water partition coefficient (Wildman–Crippen LogP) is 3.90. The molecule has 0 aliphatic carbocycles. The lowest BCUT2D eigenvalue weighted by atomic mass is 9.93. The number of carbonyl (C=O) groups excluding carboxylic acids is 2. The first-order valence-corrected chi connectivity index (χ1v) is 17.0. The van der Waals surface area contributed by atoms with E-state index in [-0.39, 0.29) is 24.7 Å². The predicted molar refractivity (Wildman–Crippen MR) is 179 cm³/mol. The van der Waals surface area contributed by atoms with Gasteiger partial charge < -0.3 is 19.1 Å². The van der Waals surface area contributed by atoms with Crippen molar-refractivity contribution in [1.82, 2.24) is 9.47 Å². The number of ether oxygens (including phenoxy) is 3. The van der Waals surface area contributed by atoms with Gasteiger partial charge >= 0.3 is 5.97 Å². The number of benzene rings is 3. The molecule has 2 aliphatic rings. The van der Waals surface area contributed by atoms with Gasteiger partial charge in [0.15, 0.2) is 11.4 Å². The van der Waals surface area contributed by atoms with Gasteiger partial charge in [0.25, 0.3) is 11.5 Å². The van der Waals surface area contributed by atoms with Gasteiger partial charge in [0.05, 0.1) is 41.7 Å². The molecule has 46 heavy (non-hydrogen) atoms. The van der Waals surface area contributed by atoms with Crippen molar-refractivity contribution in [2.45, 2.75) is 17.9 Å². The van der Waals surface area contributed by atoms with Crippen LogP contribution >= 0.6 is 23.1 Å². The molecule has 0 saturated carbocycles. The van der Waals surface area contributed by atoms with E-state index in [9.17, 15) is 14.4 Å². The molecule has 2 aliphatic heterocycles. The van der Waals surface area contributed by atoms with Crippen LogP contribution in [0.1, 0.15) is 29.7 Å². The minimum absolute atomic E-state index is 0.0532. The number of hydrogen-bond donors (Lipinski definition) is 0. The first kappa shape index (κ1) is 31.5. The Labute approximate surface area is 274 Å². The average molecular weight is 656 g/mol. The fourth-order valence-electron chi connectivity index (χ4n) is 5.40. The number of aromatic nitrogens is 1. The van der Waals surface area contributed by atoms with Gasteiger partial charge in [0, 0.05) is 23.5 Å². The molecule has 1 saturated heterocycles.